The number of likely N-dealkylation sites (N-methyl/N-ethyl adjacent to an activating group) is 1. The quantitative estimate of drug-likeness (QED) is 0.356. The minimum absolute atomic E-state index is 0.0377. The largest absolute Gasteiger partial charge is 0.484 e. The van der Waals surface area contributed by atoms with E-state index in [9.17, 15) is 4.79 Å². The summed E-state index contributed by atoms with van der Waals surface area (Å²) < 4.78 is 11.5. The van der Waals surface area contributed by atoms with Crippen LogP contribution in [0.3, 0.4) is 0 Å². The molecule has 0 unspecified atom stereocenters. The number of hydrogen-bond acceptors (Lipinski definition) is 4. The van der Waals surface area contributed by atoms with Gasteiger partial charge in [-0.15, -0.1) is 0 Å². The van der Waals surface area contributed by atoms with Gasteiger partial charge >= 0.3 is 0 Å². The molecule has 0 bridgehead atoms. The van der Waals surface area contributed by atoms with Crippen LogP contribution in [0.15, 0.2) is 29.3 Å². The number of nitrogens with zero attached hydrogens (tertiary/aromatic N) is 2. The second-order valence-electron chi connectivity index (χ2n) is 7.56. The summed E-state index contributed by atoms with van der Waals surface area (Å²) in [5, 5.41) is 6.63. The van der Waals surface area contributed by atoms with E-state index in [2.05, 4.69) is 15.6 Å². The third-order valence-electron chi connectivity index (χ3n) is 4.96. The molecule has 1 aromatic rings. The van der Waals surface area contributed by atoms with Crippen molar-refractivity contribution < 1.29 is 14.3 Å². The predicted molar refractivity (Wildman–Crippen MR) is 116 cm³/mol. The van der Waals surface area contributed by atoms with Crippen LogP contribution in [0.5, 0.6) is 5.75 Å². The van der Waals surface area contributed by atoms with Gasteiger partial charge in [-0.05, 0) is 37.0 Å². The van der Waals surface area contributed by atoms with Crippen molar-refractivity contribution in [3.8, 4) is 5.75 Å². The molecule has 1 aliphatic rings. The Bertz CT molecular complexity index is 643. The minimum atomic E-state index is -0.0643. The van der Waals surface area contributed by atoms with Crippen LogP contribution in [0.25, 0.3) is 0 Å². The zero-order chi connectivity index (χ0) is 20.9. The molecular weight excluding hydrogens is 368 g/mol. The summed E-state index contributed by atoms with van der Waals surface area (Å²) in [4.78, 5) is 17.4. The topological polar surface area (TPSA) is 75.2 Å². The Labute approximate surface area is 174 Å². The molecule has 0 radical (unpaired) electrons. The molecule has 0 aliphatic heterocycles. The maximum absolute atomic E-state index is 11.6. The Morgan fingerprint density at radius 3 is 2.72 bits per heavy atom. The number of rotatable bonds is 10. The van der Waals surface area contributed by atoms with Gasteiger partial charge in [0.25, 0.3) is 5.91 Å². The van der Waals surface area contributed by atoms with Crippen LogP contribution in [0, 0.1) is 0 Å². The summed E-state index contributed by atoms with van der Waals surface area (Å²) >= 11 is 0. The zero-order valence-corrected chi connectivity index (χ0v) is 18.1. The smallest absolute Gasteiger partial charge is 0.259 e. The molecule has 1 aliphatic carbocycles. The standard InChI is InChI=1S/C22H36N4O3/c1-23-22(24-13-8-14-28-19-10-5-4-6-11-19)25-16-18-9-7-12-20(15-18)29-17-21(27)26(2)3/h7,9,12,15,19H,4-6,8,10-11,13-14,16-17H2,1-3H3,(H2,23,24,25). The second-order valence-corrected chi connectivity index (χ2v) is 7.56. The normalized spacial score (nSPS) is 15.1. The third kappa shape index (κ3) is 9.17. The Kier molecular flexibility index (Phi) is 10.3. The lowest BCUT2D eigenvalue weighted by molar-refractivity contribution is -0.130. The third-order valence-corrected chi connectivity index (χ3v) is 4.96. The van der Waals surface area contributed by atoms with Crippen molar-refractivity contribution in [2.75, 3.05) is 40.9 Å². The van der Waals surface area contributed by atoms with Gasteiger partial charge in [0.1, 0.15) is 5.75 Å². The lowest BCUT2D eigenvalue weighted by Gasteiger charge is -2.22. The Morgan fingerprint density at radius 1 is 1.21 bits per heavy atom. The maximum atomic E-state index is 11.6. The van der Waals surface area contributed by atoms with Gasteiger partial charge in [-0.1, -0.05) is 31.4 Å². The number of guanidine groups is 1. The number of amides is 1. The van der Waals surface area contributed by atoms with Crippen LogP contribution in [-0.4, -0.2) is 63.8 Å². The van der Waals surface area contributed by atoms with E-state index in [1.54, 1.807) is 21.1 Å². The van der Waals surface area contributed by atoms with Crippen molar-refractivity contribution in [3.05, 3.63) is 29.8 Å². The average molecular weight is 405 g/mol. The van der Waals surface area contributed by atoms with Crippen molar-refractivity contribution >= 4 is 11.9 Å². The van der Waals surface area contributed by atoms with E-state index in [1.807, 2.05) is 24.3 Å². The van der Waals surface area contributed by atoms with E-state index < -0.39 is 0 Å². The van der Waals surface area contributed by atoms with Crippen LogP contribution in [0.1, 0.15) is 44.1 Å². The predicted octanol–water partition coefficient (Wildman–Crippen LogP) is 2.56. The van der Waals surface area contributed by atoms with Crippen molar-refractivity contribution in [3.63, 3.8) is 0 Å². The van der Waals surface area contributed by atoms with E-state index in [-0.39, 0.29) is 12.5 Å². The minimum Gasteiger partial charge on any atom is -0.484 e. The Morgan fingerprint density at radius 2 is 2.00 bits per heavy atom. The van der Waals surface area contributed by atoms with Gasteiger partial charge in [0.05, 0.1) is 6.10 Å². The summed E-state index contributed by atoms with van der Waals surface area (Å²) in [5.41, 5.74) is 1.06. The van der Waals surface area contributed by atoms with Crippen molar-refractivity contribution in [1.82, 2.24) is 15.5 Å². The van der Waals surface area contributed by atoms with Gasteiger partial charge in [0.2, 0.25) is 0 Å². The second kappa shape index (κ2) is 13.0. The molecule has 1 aromatic carbocycles. The molecule has 1 fully saturated rings. The lowest BCUT2D eigenvalue weighted by atomic mass is 9.98. The number of hydrogen-bond donors (Lipinski definition) is 2. The molecule has 29 heavy (non-hydrogen) atoms. The highest BCUT2D eigenvalue weighted by molar-refractivity contribution is 5.79. The number of aliphatic imine (C=N–C) groups is 1. The van der Waals surface area contributed by atoms with Gasteiger partial charge in [0.15, 0.2) is 12.6 Å². The van der Waals surface area contributed by atoms with Gasteiger partial charge in [-0.3, -0.25) is 9.79 Å². The highest BCUT2D eigenvalue weighted by Gasteiger charge is 2.13. The summed E-state index contributed by atoms with van der Waals surface area (Å²) in [5.74, 6) is 1.38. The summed E-state index contributed by atoms with van der Waals surface area (Å²) in [6, 6.07) is 7.72. The highest BCUT2D eigenvalue weighted by atomic mass is 16.5. The Hall–Kier alpha value is -2.28. The van der Waals surface area contributed by atoms with Crippen LogP contribution in [-0.2, 0) is 16.1 Å². The van der Waals surface area contributed by atoms with E-state index in [0.29, 0.717) is 18.4 Å². The van der Waals surface area contributed by atoms with E-state index in [0.717, 1.165) is 31.1 Å². The molecule has 162 valence electrons. The molecule has 1 saturated carbocycles. The first-order valence-corrected chi connectivity index (χ1v) is 10.6. The van der Waals surface area contributed by atoms with Crippen LogP contribution in [0.2, 0.25) is 0 Å². The van der Waals surface area contributed by atoms with Gasteiger partial charge in [0, 0.05) is 40.8 Å². The fourth-order valence-electron chi connectivity index (χ4n) is 3.19. The molecule has 7 heteroatoms. The van der Waals surface area contributed by atoms with Gasteiger partial charge in [-0.2, -0.15) is 0 Å². The first-order chi connectivity index (χ1) is 14.1. The summed E-state index contributed by atoms with van der Waals surface area (Å²) in [7, 11) is 5.19. The number of benzene rings is 1. The van der Waals surface area contributed by atoms with Crippen LogP contribution in [0.4, 0.5) is 0 Å². The van der Waals surface area contributed by atoms with Crippen LogP contribution >= 0.6 is 0 Å². The molecule has 1 amide bonds. The average Bonchev–Trinajstić information content (AvgIpc) is 2.75. The fourth-order valence-corrected chi connectivity index (χ4v) is 3.19. The van der Waals surface area contributed by atoms with Crippen LogP contribution < -0.4 is 15.4 Å². The summed E-state index contributed by atoms with van der Waals surface area (Å²) in [6.45, 7) is 2.27. The van der Waals surface area contributed by atoms with Crippen molar-refractivity contribution in [2.45, 2.75) is 51.2 Å². The van der Waals surface area contributed by atoms with E-state index in [1.165, 1.54) is 37.0 Å². The number of carbonyl (C=O) groups excluding carboxylic acids is 1. The monoisotopic (exact) mass is 404 g/mol. The van der Waals surface area contributed by atoms with Crippen molar-refractivity contribution in [2.24, 2.45) is 4.99 Å². The first kappa shape index (κ1) is 23.0. The fraction of sp³-hybridized carbons (Fsp3) is 0.636. The molecule has 0 heterocycles. The molecule has 0 saturated heterocycles. The molecule has 7 nitrogen and oxygen atoms in total. The van der Waals surface area contributed by atoms with Gasteiger partial charge < -0.3 is 25.0 Å². The van der Waals surface area contributed by atoms with E-state index >= 15 is 0 Å². The maximum Gasteiger partial charge on any atom is 0.259 e. The zero-order valence-electron chi connectivity index (χ0n) is 18.1. The Balaban J connectivity index is 1.65. The molecule has 2 N–H and O–H groups in total. The SMILES string of the molecule is CN=C(NCCCOC1CCCCC1)NCc1cccc(OCC(=O)N(C)C)c1. The summed E-state index contributed by atoms with van der Waals surface area (Å²) in [6.07, 6.45) is 7.80. The lowest BCUT2D eigenvalue weighted by Crippen LogP contribution is -2.37. The molecule has 0 atom stereocenters. The van der Waals surface area contributed by atoms with E-state index in [4.69, 9.17) is 9.47 Å². The van der Waals surface area contributed by atoms with Crippen molar-refractivity contribution in [1.29, 1.82) is 0 Å². The highest BCUT2D eigenvalue weighted by Crippen LogP contribution is 2.20. The number of ether oxygens (including phenoxy) is 2. The van der Waals surface area contributed by atoms with Gasteiger partial charge in [-0.25, -0.2) is 0 Å². The molecular formula is C22H36N4O3. The first-order valence-electron chi connectivity index (χ1n) is 10.6. The number of carbonyl (C=O) groups is 1. The molecule has 2 rings (SSSR count). The molecule has 0 aromatic heterocycles. The number of nitrogens with one attached hydrogen (secondary N) is 2. The molecule has 0 spiro atoms.